The molecule has 0 bridgehead atoms. The number of aromatic nitrogens is 1. The van der Waals surface area contributed by atoms with E-state index >= 15 is 0 Å². The Balaban J connectivity index is 3.34. The summed E-state index contributed by atoms with van der Waals surface area (Å²) < 4.78 is 40.2. The Kier molecular flexibility index (Phi) is 3.92. The third-order valence-electron chi connectivity index (χ3n) is 1.94. The fraction of sp³-hybridized carbons (Fsp3) is 0.333. The molecule has 0 saturated heterocycles. The van der Waals surface area contributed by atoms with E-state index in [1.165, 1.54) is 0 Å². The van der Waals surface area contributed by atoms with Gasteiger partial charge in [0.1, 0.15) is 6.42 Å². The normalized spacial score (nSPS) is 11.2. The van der Waals surface area contributed by atoms with Crippen LogP contribution >= 0.6 is 0 Å². The fourth-order valence-corrected chi connectivity index (χ4v) is 1.32. The Bertz CT molecular complexity index is 529. The number of pyridine rings is 1. The summed E-state index contributed by atoms with van der Waals surface area (Å²) in [4.78, 5) is 23.4. The number of aryl methyl sites for hydroxylation is 1. The van der Waals surface area contributed by atoms with Gasteiger partial charge in [0.2, 0.25) is 5.69 Å². The van der Waals surface area contributed by atoms with E-state index in [0.717, 1.165) is 13.0 Å². The van der Waals surface area contributed by atoms with Crippen LogP contribution in [-0.2, 0) is 11.2 Å². The average Bonchev–Trinajstić information content (AvgIpc) is 2.20. The molecule has 0 amide bonds. The van der Waals surface area contributed by atoms with Gasteiger partial charge in [0.15, 0.2) is 5.75 Å². The first-order valence-corrected chi connectivity index (χ1v) is 4.72. The average molecular weight is 280 g/mol. The number of ether oxygens (including phenoxy) is 1. The van der Waals surface area contributed by atoms with Crippen LogP contribution in [-0.4, -0.2) is 27.3 Å². The predicted octanol–water partition coefficient (Wildman–Crippen LogP) is 1.82. The van der Waals surface area contributed by atoms with E-state index in [1.807, 2.05) is 0 Å². The number of nitro groups is 1. The molecule has 1 heterocycles. The minimum atomic E-state index is -5.05. The van der Waals surface area contributed by atoms with Crippen LogP contribution in [0.15, 0.2) is 6.07 Å². The summed E-state index contributed by atoms with van der Waals surface area (Å²) in [5.41, 5.74) is -0.883. The summed E-state index contributed by atoms with van der Waals surface area (Å²) in [6.07, 6.45) is -5.97. The summed E-state index contributed by atoms with van der Waals surface area (Å²) in [6, 6.07) is 0.770. The Labute approximate surface area is 103 Å². The van der Waals surface area contributed by atoms with Crippen molar-refractivity contribution in [2.75, 3.05) is 0 Å². The highest BCUT2D eigenvalue weighted by atomic mass is 19.4. The smallest absolute Gasteiger partial charge is 0.481 e. The maximum atomic E-state index is 12.2. The summed E-state index contributed by atoms with van der Waals surface area (Å²) >= 11 is 0. The second-order valence-electron chi connectivity index (χ2n) is 3.45. The van der Waals surface area contributed by atoms with Gasteiger partial charge in [-0.25, -0.2) is 0 Å². The molecule has 10 heteroatoms. The SMILES string of the molecule is Cc1cc([N+](=O)[O-])nc(CC(=O)O)c1OC(F)(F)F. The minimum Gasteiger partial charge on any atom is -0.481 e. The van der Waals surface area contributed by atoms with Crippen LogP contribution in [0.5, 0.6) is 5.75 Å². The van der Waals surface area contributed by atoms with Gasteiger partial charge in [-0.05, 0) is 16.8 Å². The maximum absolute atomic E-state index is 12.2. The quantitative estimate of drug-likeness (QED) is 0.666. The first-order chi connectivity index (χ1) is 8.60. The molecule has 0 saturated carbocycles. The third kappa shape index (κ3) is 4.08. The monoisotopic (exact) mass is 280 g/mol. The van der Waals surface area contributed by atoms with Gasteiger partial charge in [-0.15, -0.1) is 13.2 Å². The minimum absolute atomic E-state index is 0.227. The summed E-state index contributed by atoms with van der Waals surface area (Å²) in [6.45, 7) is 1.13. The van der Waals surface area contributed by atoms with Gasteiger partial charge in [-0.3, -0.25) is 4.79 Å². The number of hydrogen-bond donors (Lipinski definition) is 1. The number of rotatable bonds is 4. The molecule has 7 nitrogen and oxygen atoms in total. The van der Waals surface area contributed by atoms with E-state index in [-0.39, 0.29) is 5.56 Å². The number of carboxylic acids is 1. The number of nitrogens with zero attached hydrogens (tertiary/aromatic N) is 2. The number of alkyl halides is 3. The highest BCUT2D eigenvalue weighted by molar-refractivity contribution is 5.71. The first-order valence-electron chi connectivity index (χ1n) is 4.72. The Morgan fingerprint density at radius 2 is 2.16 bits per heavy atom. The van der Waals surface area contributed by atoms with Gasteiger partial charge < -0.3 is 20.0 Å². The highest BCUT2D eigenvalue weighted by Crippen LogP contribution is 2.31. The molecule has 0 spiro atoms. The molecule has 0 aliphatic heterocycles. The van der Waals surface area contributed by atoms with Crippen molar-refractivity contribution >= 4 is 11.8 Å². The lowest BCUT2D eigenvalue weighted by atomic mass is 10.1. The lowest BCUT2D eigenvalue weighted by Gasteiger charge is -2.12. The van der Waals surface area contributed by atoms with Gasteiger partial charge in [0.05, 0.1) is 0 Å². The molecule has 0 unspecified atom stereocenters. The Morgan fingerprint density at radius 3 is 2.58 bits per heavy atom. The van der Waals surface area contributed by atoms with Crippen LogP contribution in [0.25, 0.3) is 0 Å². The number of hydrogen-bond acceptors (Lipinski definition) is 5. The van der Waals surface area contributed by atoms with Gasteiger partial charge in [-0.2, -0.15) is 0 Å². The third-order valence-corrected chi connectivity index (χ3v) is 1.94. The zero-order valence-corrected chi connectivity index (χ0v) is 9.39. The van der Waals surface area contributed by atoms with Gasteiger partial charge in [0, 0.05) is 11.6 Å². The van der Waals surface area contributed by atoms with Crippen LogP contribution in [0.4, 0.5) is 19.0 Å². The van der Waals surface area contributed by atoms with Crippen molar-refractivity contribution in [1.82, 2.24) is 4.98 Å². The van der Waals surface area contributed by atoms with E-state index < -0.39 is 40.9 Å². The molecule has 0 aliphatic rings. The Morgan fingerprint density at radius 1 is 1.58 bits per heavy atom. The molecule has 1 aromatic rings. The van der Waals surface area contributed by atoms with Crippen molar-refractivity contribution in [2.24, 2.45) is 0 Å². The molecule has 0 atom stereocenters. The van der Waals surface area contributed by atoms with E-state index in [9.17, 15) is 28.1 Å². The van der Waals surface area contributed by atoms with Crippen LogP contribution in [0, 0.1) is 17.0 Å². The molecule has 1 rings (SSSR count). The van der Waals surface area contributed by atoms with Crippen LogP contribution in [0.1, 0.15) is 11.3 Å². The van der Waals surface area contributed by atoms with E-state index in [1.54, 1.807) is 0 Å². The van der Waals surface area contributed by atoms with E-state index in [4.69, 9.17) is 5.11 Å². The second kappa shape index (κ2) is 5.08. The zero-order chi connectivity index (χ0) is 14.8. The molecule has 1 aromatic heterocycles. The maximum Gasteiger partial charge on any atom is 0.573 e. The molecule has 0 radical (unpaired) electrons. The van der Waals surface area contributed by atoms with Crippen molar-refractivity contribution in [2.45, 2.75) is 19.7 Å². The first kappa shape index (κ1) is 14.7. The second-order valence-corrected chi connectivity index (χ2v) is 3.45. The van der Waals surface area contributed by atoms with Crippen molar-refractivity contribution in [3.05, 3.63) is 27.4 Å². The summed E-state index contributed by atoms with van der Waals surface area (Å²) in [5.74, 6) is -3.07. The number of halogens is 3. The van der Waals surface area contributed by atoms with Crippen molar-refractivity contribution < 1.29 is 32.7 Å². The molecular weight excluding hydrogens is 273 g/mol. The topological polar surface area (TPSA) is 103 Å². The van der Waals surface area contributed by atoms with Crippen LogP contribution in [0.3, 0.4) is 0 Å². The zero-order valence-electron chi connectivity index (χ0n) is 9.39. The molecule has 0 aliphatic carbocycles. The summed E-state index contributed by atoms with van der Waals surface area (Å²) in [7, 11) is 0. The van der Waals surface area contributed by atoms with Crippen LogP contribution < -0.4 is 4.74 Å². The molecule has 104 valence electrons. The molecule has 0 fully saturated rings. The molecular formula is C9H7F3N2O5. The van der Waals surface area contributed by atoms with Gasteiger partial charge in [-0.1, -0.05) is 0 Å². The van der Waals surface area contributed by atoms with Crippen molar-refractivity contribution in [1.29, 1.82) is 0 Å². The number of carboxylic acid groups (broad SMARTS) is 1. The largest absolute Gasteiger partial charge is 0.573 e. The Hall–Kier alpha value is -2.39. The van der Waals surface area contributed by atoms with E-state index in [0.29, 0.717) is 0 Å². The standard InChI is InChI=1S/C9H7F3N2O5/c1-4-2-6(14(17)18)13-5(3-7(15)16)8(4)19-9(10,11)12/h2H,3H2,1H3,(H,15,16). The predicted molar refractivity (Wildman–Crippen MR) is 53.7 cm³/mol. The van der Waals surface area contributed by atoms with Gasteiger partial charge in [0.25, 0.3) is 0 Å². The van der Waals surface area contributed by atoms with Gasteiger partial charge >= 0.3 is 18.1 Å². The van der Waals surface area contributed by atoms with Crippen molar-refractivity contribution in [3.8, 4) is 5.75 Å². The molecule has 1 N–H and O–H groups in total. The number of carbonyl (C=O) groups is 1. The fourth-order valence-electron chi connectivity index (χ4n) is 1.32. The molecule has 19 heavy (non-hydrogen) atoms. The number of aliphatic carboxylic acids is 1. The molecule has 0 aromatic carbocycles. The summed E-state index contributed by atoms with van der Waals surface area (Å²) in [5, 5.41) is 19.1. The van der Waals surface area contributed by atoms with Crippen molar-refractivity contribution in [3.63, 3.8) is 0 Å². The van der Waals surface area contributed by atoms with E-state index in [2.05, 4.69) is 9.72 Å². The van der Waals surface area contributed by atoms with Crippen LogP contribution in [0.2, 0.25) is 0 Å². The lowest BCUT2D eigenvalue weighted by Crippen LogP contribution is -2.20. The highest BCUT2D eigenvalue weighted by Gasteiger charge is 2.35. The lowest BCUT2D eigenvalue weighted by molar-refractivity contribution is -0.389.